The summed E-state index contributed by atoms with van der Waals surface area (Å²) < 4.78 is 16.2. The quantitative estimate of drug-likeness (QED) is 0.435. The van der Waals surface area contributed by atoms with Crippen molar-refractivity contribution in [2.45, 2.75) is 32.9 Å². The van der Waals surface area contributed by atoms with Gasteiger partial charge in [-0.1, -0.05) is 11.6 Å². The molecule has 0 bridgehead atoms. The van der Waals surface area contributed by atoms with Crippen molar-refractivity contribution in [1.29, 1.82) is 0 Å². The Balaban J connectivity index is 2.11. The Bertz CT molecular complexity index is 776. The molecule has 0 aliphatic rings. The molecule has 1 unspecified atom stereocenters. The summed E-state index contributed by atoms with van der Waals surface area (Å²) in [5, 5.41) is 17.3. The van der Waals surface area contributed by atoms with Crippen LogP contribution in [0, 0.1) is 0 Å². The molecule has 3 N–H and O–H groups in total. The van der Waals surface area contributed by atoms with E-state index in [1.165, 1.54) is 6.26 Å². The molecule has 0 radical (unpaired) electrons. The van der Waals surface area contributed by atoms with Gasteiger partial charge in [0, 0.05) is 6.54 Å². The number of hydrogen-bond donors (Lipinski definition) is 3. The van der Waals surface area contributed by atoms with Crippen molar-refractivity contribution < 1.29 is 19.0 Å². The summed E-state index contributed by atoms with van der Waals surface area (Å²) in [6.45, 7) is 7.33. The number of aliphatic hydroxyl groups is 1. The molecule has 1 aromatic carbocycles. The molecule has 0 aliphatic carbocycles. The van der Waals surface area contributed by atoms with Gasteiger partial charge in [0.15, 0.2) is 17.5 Å². The first kappa shape index (κ1) is 21.9. The highest BCUT2D eigenvalue weighted by atomic mass is 35.5. The number of ether oxygens (including phenoxy) is 2. The molecule has 0 aliphatic heterocycles. The van der Waals surface area contributed by atoms with Gasteiger partial charge in [-0.05, 0) is 50.6 Å². The van der Waals surface area contributed by atoms with Crippen molar-refractivity contribution in [3.63, 3.8) is 0 Å². The van der Waals surface area contributed by atoms with E-state index in [1.807, 2.05) is 19.9 Å². The van der Waals surface area contributed by atoms with Crippen molar-refractivity contribution in [2.75, 3.05) is 26.8 Å². The monoisotopic (exact) mass is 409 g/mol. The Kier molecular flexibility index (Phi) is 8.02. The molecule has 0 fully saturated rings. The molecule has 0 saturated heterocycles. The van der Waals surface area contributed by atoms with E-state index in [0.29, 0.717) is 47.9 Å². The third kappa shape index (κ3) is 5.81. The third-order valence-corrected chi connectivity index (χ3v) is 4.27. The lowest BCUT2D eigenvalue weighted by Gasteiger charge is -2.22. The fourth-order valence-corrected chi connectivity index (χ4v) is 2.88. The van der Waals surface area contributed by atoms with Crippen LogP contribution in [-0.2, 0) is 12.1 Å². The first-order chi connectivity index (χ1) is 13.4. The van der Waals surface area contributed by atoms with Crippen LogP contribution in [0.5, 0.6) is 11.5 Å². The zero-order chi connectivity index (χ0) is 20.6. The SMILES string of the molecule is CCNC(=NCc1cc(Cl)c(OCC)c(OC)c1)NCC(C)(O)c1ccco1. The number of nitrogens with zero attached hydrogens (tertiary/aromatic N) is 1. The van der Waals surface area contributed by atoms with E-state index < -0.39 is 5.60 Å². The van der Waals surface area contributed by atoms with Crippen LogP contribution in [0.4, 0.5) is 0 Å². The molecule has 1 atom stereocenters. The van der Waals surface area contributed by atoms with Gasteiger partial charge in [0.25, 0.3) is 0 Å². The van der Waals surface area contributed by atoms with Crippen LogP contribution in [0.2, 0.25) is 5.02 Å². The zero-order valence-corrected chi connectivity index (χ0v) is 17.5. The number of aliphatic imine (C=N–C) groups is 1. The molecule has 7 nitrogen and oxygen atoms in total. The van der Waals surface area contributed by atoms with Crippen LogP contribution in [0.25, 0.3) is 0 Å². The largest absolute Gasteiger partial charge is 0.493 e. The number of methoxy groups -OCH3 is 1. The molecule has 0 saturated carbocycles. The molecule has 1 heterocycles. The van der Waals surface area contributed by atoms with Crippen LogP contribution in [0.1, 0.15) is 32.1 Å². The topological polar surface area (TPSA) is 88.3 Å². The predicted molar refractivity (Wildman–Crippen MR) is 110 cm³/mol. The van der Waals surface area contributed by atoms with Gasteiger partial charge in [0.05, 0.1) is 38.1 Å². The van der Waals surface area contributed by atoms with Crippen LogP contribution >= 0.6 is 11.6 Å². The normalized spacial score (nSPS) is 13.7. The van der Waals surface area contributed by atoms with Crippen LogP contribution in [0.15, 0.2) is 39.9 Å². The second-order valence-electron chi connectivity index (χ2n) is 6.34. The zero-order valence-electron chi connectivity index (χ0n) is 16.7. The standard InChI is InChI=1S/C20H28ClN3O4/c1-5-22-19(24-13-20(3,25)17-8-7-9-28-17)23-12-14-10-15(21)18(27-6-2)16(11-14)26-4/h7-11,25H,5-6,12-13H2,1-4H3,(H2,22,23,24). The van der Waals surface area contributed by atoms with E-state index in [1.54, 1.807) is 32.2 Å². The minimum atomic E-state index is -1.16. The first-order valence-corrected chi connectivity index (χ1v) is 9.56. The third-order valence-electron chi connectivity index (χ3n) is 3.99. The molecule has 28 heavy (non-hydrogen) atoms. The smallest absolute Gasteiger partial charge is 0.191 e. The molecule has 2 aromatic rings. The maximum Gasteiger partial charge on any atom is 0.191 e. The number of guanidine groups is 1. The Labute approximate surface area is 170 Å². The number of rotatable bonds is 9. The molecule has 0 spiro atoms. The minimum absolute atomic E-state index is 0.236. The predicted octanol–water partition coefficient (Wildman–Crippen LogP) is 3.30. The summed E-state index contributed by atoms with van der Waals surface area (Å²) in [6, 6.07) is 7.14. The van der Waals surface area contributed by atoms with Crippen molar-refractivity contribution in [2.24, 2.45) is 4.99 Å². The Morgan fingerprint density at radius 3 is 2.71 bits per heavy atom. The Hall–Kier alpha value is -2.38. The minimum Gasteiger partial charge on any atom is -0.493 e. The molecule has 2 rings (SSSR count). The lowest BCUT2D eigenvalue weighted by Crippen LogP contribution is -2.44. The first-order valence-electron chi connectivity index (χ1n) is 9.19. The Morgan fingerprint density at radius 1 is 1.32 bits per heavy atom. The number of halogens is 1. The fourth-order valence-electron chi connectivity index (χ4n) is 2.59. The van der Waals surface area contributed by atoms with E-state index in [2.05, 4.69) is 15.6 Å². The average molecular weight is 410 g/mol. The highest BCUT2D eigenvalue weighted by Gasteiger charge is 2.26. The molecular weight excluding hydrogens is 382 g/mol. The molecule has 1 aromatic heterocycles. The molecule has 8 heteroatoms. The van der Waals surface area contributed by atoms with Gasteiger partial charge in [-0.3, -0.25) is 0 Å². The number of nitrogens with one attached hydrogen (secondary N) is 2. The van der Waals surface area contributed by atoms with Crippen molar-refractivity contribution in [1.82, 2.24) is 10.6 Å². The van der Waals surface area contributed by atoms with Gasteiger partial charge >= 0.3 is 0 Å². The molecule has 0 amide bonds. The number of benzene rings is 1. The van der Waals surface area contributed by atoms with E-state index >= 15 is 0 Å². The van der Waals surface area contributed by atoms with E-state index in [4.69, 9.17) is 25.5 Å². The summed E-state index contributed by atoms with van der Waals surface area (Å²) in [5.74, 6) is 2.15. The highest BCUT2D eigenvalue weighted by molar-refractivity contribution is 6.32. The highest BCUT2D eigenvalue weighted by Crippen LogP contribution is 2.36. The van der Waals surface area contributed by atoms with Gasteiger partial charge in [-0.15, -0.1) is 0 Å². The summed E-state index contributed by atoms with van der Waals surface area (Å²) in [6.07, 6.45) is 1.53. The van der Waals surface area contributed by atoms with Gasteiger partial charge in [-0.2, -0.15) is 0 Å². The average Bonchev–Trinajstić information content (AvgIpc) is 3.21. The maximum atomic E-state index is 10.6. The number of hydrogen-bond acceptors (Lipinski definition) is 5. The second kappa shape index (κ2) is 10.2. The molecular formula is C20H28ClN3O4. The van der Waals surface area contributed by atoms with Crippen molar-refractivity contribution in [3.8, 4) is 11.5 Å². The second-order valence-corrected chi connectivity index (χ2v) is 6.75. The Morgan fingerprint density at radius 2 is 2.11 bits per heavy atom. The summed E-state index contributed by atoms with van der Waals surface area (Å²) >= 11 is 6.32. The van der Waals surface area contributed by atoms with Gasteiger partial charge in [0.2, 0.25) is 0 Å². The summed E-state index contributed by atoms with van der Waals surface area (Å²) in [7, 11) is 1.57. The molecule has 154 valence electrons. The van der Waals surface area contributed by atoms with Crippen LogP contribution < -0.4 is 20.1 Å². The van der Waals surface area contributed by atoms with E-state index in [9.17, 15) is 5.11 Å². The van der Waals surface area contributed by atoms with Gasteiger partial charge in [0.1, 0.15) is 11.4 Å². The van der Waals surface area contributed by atoms with Crippen molar-refractivity contribution >= 4 is 17.6 Å². The van der Waals surface area contributed by atoms with Crippen molar-refractivity contribution in [3.05, 3.63) is 46.9 Å². The lowest BCUT2D eigenvalue weighted by atomic mass is 10.0. The van der Waals surface area contributed by atoms with E-state index in [0.717, 1.165) is 5.56 Å². The van der Waals surface area contributed by atoms with E-state index in [-0.39, 0.29) is 6.54 Å². The summed E-state index contributed by atoms with van der Waals surface area (Å²) in [4.78, 5) is 4.56. The van der Waals surface area contributed by atoms with Crippen LogP contribution in [-0.4, -0.2) is 37.9 Å². The summed E-state index contributed by atoms with van der Waals surface area (Å²) in [5.41, 5.74) is -0.286. The van der Waals surface area contributed by atoms with Crippen LogP contribution in [0.3, 0.4) is 0 Å². The maximum absolute atomic E-state index is 10.6. The van der Waals surface area contributed by atoms with Gasteiger partial charge in [-0.25, -0.2) is 4.99 Å². The fraction of sp³-hybridized carbons (Fsp3) is 0.450. The van der Waals surface area contributed by atoms with Gasteiger partial charge < -0.3 is 29.6 Å². The number of furan rings is 1. The lowest BCUT2D eigenvalue weighted by molar-refractivity contribution is 0.0386.